The van der Waals surface area contributed by atoms with E-state index < -0.39 is 0 Å². The second kappa shape index (κ2) is 10.6. The van der Waals surface area contributed by atoms with Gasteiger partial charge in [0.25, 0.3) is 0 Å². The fourth-order valence-electron chi connectivity index (χ4n) is 4.50. The molecule has 1 aliphatic rings. The number of benzene rings is 3. The molecule has 0 saturated carbocycles. The number of hydrogen-bond acceptors (Lipinski definition) is 5. The maximum Gasteiger partial charge on any atom is 0.234 e. The molecule has 172 valence electrons. The van der Waals surface area contributed by atoms with Gasteiger partial charge in [-0.15, -0.1) is 0 Å². The average Bonchev–Trinajstić information content (AvgIpc) is 3.20. The summed E-state index contributed by atoms with van der Waals surface area (Å²) in [6.45, 7) is 3.08. The highest BCUT2D eigenvalue weighted by atomic mass is 32.1. The molecule has 6 heteroatoms. The summed E-state index contributed by atoms with van der Waals surface area (Å²) < 4.78 is 4.59. The minimum atomic E-state index is -0.284. The molecule has 1 aromatic heterocycles. The van der Waals surface area contributed by atoms with Crippen LogP contribution in [0.5, 0.6) is 0 Å². The first-order valence-corrected chi connectivity index (χ1v) is 12.6. The van der Waals surface area contributed by atoms with Crippen LogP contribution >= 0.6 is 11.5 Å². The van der Waals surface area contributed by atoms with Crippen LogP contribution in [0.25, 0.3) is 0 Å². The molecule has 4 aromatic rings. The van der Waals surface area contributed by atoms with Crippen LogP contribution in [-0.2, 0) is 11.2 Å². The summed E-state index contributed by atoms with van der Waals surface area (Å²) in [6.07, 6.45) is 1.65. The Kier molecular flexibility index (Phi) is 6.96. The van der Waals surface area contributed by atoms with Crippen LogP contribution in [-0.4, -0.2) is 46.3 Å². The highest BCUT2D eigenvalue weighted by Gasteiger charge is 2.29. The largest absolute Gasteiger partial charge is 0.345 e. The molecule has 1 amide bonds. The van der Waals surface area contributed by atoms with Crippen LogP contribution in [0, 0.1) is 0 Å². The minimum absolute atomic E-state index is 0.168. The van der Waals surface area contributed by atoms with E-state index in [1.807, 2.05) is 59.5 Å². The molecule has 2 heterocycles. The van der Waals surface area contributed by atoms with E-state index in [0.717, 1.165) is 54.6 Å². The van der Waals surface area contributed by atoms with Crippen LogP contribution in [0.2, 0.25) is 0 Å². The van der Waals surface area contributed by atoms with Gasteiger partial charge in [0.2, 0.25) is 11.0 Å². The van der Waals surface area contributed by atoms with Gasteiger partial charge in [0.1, 0.15) is 5.82 Å². The van der Waals surface area contributed by atoms with Crippen LogP contribution in [0.4, 0.5) is 5.13 Å². The lowest BCUT2D eigenvalue weighted by molar-refractivity contribution is -0.131. The molecule has 0 spiro atoms. The van der Waals surface area contributed by atoms with Gasteiger partial charge in [-0.2, -0.15) is 4.37 Å². The van der Waals surface area contributed by atoms with E-state index in [1.54, 1.807) is 0 Å². The summed E-state index contributed by atoms with van der Waals surface area (Å²) in [5.74, 6) is 0.742. The molecule has 0 atom stereocenters. The van der Waals surface area contributed by atoms with Gasteiger partial charge in [0.15, 0.2) is 0 Å². The molecule has 0 unspecified atom stereocenters. The van der Waals surface area contributed by atoms with E-state index in [1.165, 1.54) is 17.1 Å². The molecule has 1 saturated heterocycles. The maximum atomic E-state index is 13.8. The van der Waals surface area contributed by atoms with Crippen molar-refractivity contribution in [3.8, 4) is 0 Å². The highest BCUT2D eigenvalue weighted by molar-refractivity contribution is 7.09. The van der Waals surface area contributed by atoms with Gasteiger partial charge in [0.05, 0.1) is 5.92 Å². The van der Waals surface area contributed by atoms with Gasteiger partial charge in [-0.1, -0.05) is 91.0 Å². The Labute approximate surface area is 204 Å². The lowest BCUT2D eigenvalue weighted by Crippen LogP contribution is -2.38. The topological polar surface area (TPSA) is 49.3 Å². The van der Waals surface area contributed by atoms with Gasteiger partial charge in [-0.25, -0.2) is 4.98 Å². The van der Waals surface area contributed by atoms with E-state index >= 15 is 0 Å². The van der Waals surface area contributed by atoms with Crippen molar-refractivity contribution in [2.45, 2.75) is 18.8 Å². The van der Waals surface area contributed by atoms with Gasteiger partial charge < -0.3 is 9.80 Å². The first kappa shape index (κ1) is 22.3. The van der Waals surface area contributed by atoms with Crippen molar-refractivity contribution in [1.29, 1.82) is 0 Å². The van der Waals surface area contributed by atoms with E-state index in [9.17, 15) is 4.79 Å². The Bertz CT molecular complexity index is 1160. The monoisotopic (exact) mass is 468 g/mol. The third-order valence-electron chi connectivity index (χ3n) is 6.25. The van der Waals surface area contributed by atoms with Crippen molar-refractivity contribution in [3.63, 3.8) is 0 Å². The Morgan fingerprint density at radius 1 is 0.794 bits per heavy atom. The second-order valence-corrected chi connectivity index (χ2v) is 9.31. The first-order chi connectivity index (χ1) is 16.8. The zero-order valence-corrected chi connectivity index (χ0v) is 19.9. The van der Waals surface area contributed by atoms with Crippen LogP contribution in [0.15, 0.2) is 91.0 Å². The Morgan fingerprint density at radius 3 is 2.06 bits per heavy atom. The van der Waals surface area contributed by atoms with E-state index in [4.69, 9.17) is 4.98 Å². The summed E-state index contributed by atoms with van der Waals surface area (Å²) in [6, 6.07) is 30.5. The number of rotatable bonds is 6. The number of carbonyl (C=O) groups excluding carboxylic acids is 1. The molecule has 5 rings (SSSR count). The van der Waals surface area contributed by atoms with Gasteiger partial charge in [-0.3, -0.25) is 4.79 Å². The van der Waals surface area contributed by atoms with E-state index in [2.05, 4.69) is 45.7 Å². The Hall–Kier alpha value is -3.51. The summed E-state index contributed by atoms with van der Waals surface area (Å²) in [5, 5.41) is 0.947. The third kappa shape index (κ3) is 5.18. The molecular weight excluding hydrogens is 440 g/mol. The predicted octanol–water partition coefficient (Wildman–Crippen LogP) is 5.00. The summed E-state index contributed by atoms with van der Waals surface area (Å²) in [7, 11) is 0. The smallest absolute Gasteiger partial charge is 0.234 e. The molecule has 34 heavy (non-hydrogen) atoms. The zero-order chi connectivity index (χ0) is 23.2. The lowest BCUT2D eigenvalue weighted by Gasteiger charge is -2.27. The molecule has 5 nitrogen and oxygen atoms in total. The third-order valence-corrected chi connectivity index (χ3v) is 7.07. The SMILES string of the molecule is O=C(C(c1ccccc1)c1ccccc1)N1CCCN(c2nc(Cc3ccccc3)ns2)CC1. The van der Waals surface area contributed by atoms with E-state index in [-0.39, 0.29) is 11.8 Å². The molecule has 0 N–H and O–H groups in total. The molecule has 0 bridgehead atoms. The van der Waals surface area contributed by atoms with Crippen molar-refractivity contribution in [1.82, 2.24) is 14.3 Å². The fraction of sp³-hybridized carbons (Fsp3) is 0.250. The van der Waals surface area contributed by atoms with Gasteiger partial charge >= 0.3 is 0 Å². The normalized spacial score (nSPS) is 14.3. The maximum absolute atomic E-state index is 13.8. The van der Waals surface area contributed by atoms with Crippen molar-refractivity contribution in [2.24, 2.45) is 0 Å². The van der Waals surface area contributed by atoms with Gasteiger partial charge in [0, 0.05) is 44.1 Å². The second-order valence-electron chi connectivity index (χ2n) is 8.58. The number of aromatic nitrogens is 2. The lowest BCUT2D eigenvalue weighted by atomic mass is 9.90. The van der Waals surface area contributed by atoms with Crippen molar-refractivity contribution in [2.75, 3.05) is 31.1 Å². The standard InChI is InChI=1S/C28H28N4OS/c33-27(26(23-13-6-2-7-14-23)24-15-8-3-9-16-24)31-17-10-18-32(20-19-31)28-29-25(30-34-28)21-22-11-4-1-5-12-22/h1-9,11-16,26H,10,17-21H2. The number of nitrogens with zero attached hydrogens (tertiary/aromatic N) is 4. The molecule has 0 radical (unpaired) electrons. The first-order valence-electron chi connectivity index (χ1n) is 11.8. The minimum Gasteiger partial charge on any atom is -0.345 e. The molecule has 3 aromatic carbocycles. The Balaban J connectivity index is 1.29. The quantitative estimate of drug-likeness (QED) is 0.400. The highest BCUT2D eigenvalue weighted by Crippen LogP contribution is 2.28. The van der Waals surface area contributed by atoms with Crippen molar-refractivity contribution >= 4 is 22.6 Å². The zero-order valence-electron chi connectivity index (χ0n) is 19.1. The predicted molar refractivity (Wildman–Crippen MR) is 137 cm³/mol. The van der Waals surface area contributed by atoms with Crippen molar-refractivity contribution < 1.29 is 4.79 Å². The number of carbonyl (C=O) groups is 1. The molecule has 1 aliphatic heterocycles. The van der Waals surface area contributed by atoms with Crippen molar-refractivity contribution in [3.05, 3.63) is 114 Å². The number of hydrogen-bond donors (Lipinski definition) is 0. The van der Waals surface area contributed by atoms with E-state index in [0.29, 0.717) is 6.54 Å². The van der Waals surface area contributed by atoms with Gasteiger partial charge in [-0.05, 0) is 23.1 Å². The molecule has 0 aliphatic carbocycles. The summed E-state index contributed by atoms with van der Waals surface area (Å²) >= 11 is 1.46. The summed E-state index contributed by atoms with van der Waals surface area (Å²) in [4.78, 5) is 22.9. The molecule has 1 fully saturated rings. The van der Waals surface area contributed by atoms with Crippen LogP contribution in [0.1, 0.15) is 34.9 Å². The van der Waals surface area contributed by atoms with Crippen LogP contribution < -0.4 is 4.90 Å². The molecular formula is C28H28N4OS. The Morgan fingerprint density at radius 2 is 1.41 bits per heavy atom. The average molecular weight is 469 g/mol. The number of amides is 1. The number of anilines is 1. The fourth-order valence-corrected chi connectivity index (χ4v) is 5.24. The van der Waals surface area contributed by atoms with Crippen LogP contribution in [0.3, 0.4) is 0 Å². The summed E-state index contributed by atoms with van der Waals surface area (Å²) in [5.41, 5.74) is 3.29.